The van der Waals surface area contributed by atoms with Crippen molar-refractivity contribution in [2.45, 2.75) is 25.0 Å². The third-order valence-corrected chi connectivity index (χ3v) is 5.22. The molecule has 1 fully saturated rings. The molecule has 0 atom stereocenters. The van der Waals surface area contributed by atoms with Gasteiger partial charge in [0.25, 0.3) is 5.91 Å². The Kier molecular flexibility index (Phi) is 5.51. The van der Waals surface area contributed by atoms with Gasteiger partial charge in [-0.25, -0.2) is 9.97 Å². The summed E-state index contributed by atoms with van der Waals surface area (Å²) in [6.45, 7) is 1.20. The number of benzene rings is 1. The minimum Gasteiger partial charge on any atom is -0.406 e. The molecule has 3 aromatic rings. The zero-order valence-corrected chi connectivity index (χ0v) is 16.7. The van der Waals surface area contributed by atoms with Gasteiger partial charge < -0.3 is 19.5 Å². The van der Waals surface area contributed by atoms with Crippen molar-refractivity contribution in [1.82, 2.24) is 19.4 Å². The highest BCUT2D eigenvalue weighted by Gasteiger charge is 2.31. The second kappa shape index (κ2) is 8.12. The monoisotopic (exact) mass is 429 g/mol. The van der Waals surface area contributed by atoms with Gasteiger partial charge >= 0.3 is 6.36 Å². The fourth-order valence-corrected chi connectivity index (χ4v) is 3.58. The lowest BCUT2D eigenvalue weighted by Gasteiger charge is -2.30. The molecular weight excluding hydrogens is 410 g/mol. The Balaban J connectivity index is 1.58. The Labute approximate surface area is 177 Å². The first-order chi connectivity index (χ1) is 14.7. The van der Waals surface area contributed by atoms with Gasteiger partial charge in [-0.1, -0.05) is 5.82 Å². The maximum Gasteiger partial charge on any atom is 0.573 e. The molecule has 0 unspecified atom stereocenters. The third kappa shape index (κ3) is 4.60. The fraction of sp³-hybridized carbons (Fsp3) is 0.350. The predicted molar refractivity (Wildman–Crippen MR) is 110 cm³/mol. The van der Waals surface area contributed by atoms with Crippen LogP contribution in [0.25, 0.3) is 11.0 Å². The maximum absolute atomic E-state index is 13.0. The smallest absolute Gasteiger partial charge is 0.406 e. The highest BCUT2D eigenvalue weighted by Crippen LogP contribution is 2.29. The largest absolute Gasteiger partial charge is 0.573 e. The summed E-state index contributed by atoms with van der Waals surface area (Å²) in [4.78, 5) is 23.3. The molecule has 1 aliphatic heterocycles. The number of hydrogen-bond acceptors (Lipinski definition) is 5. The predicted octanol–water partition coefficient (Wildman–Crippen LogP) is 3.80. The average Bonchev–Trinajstić information content (AvgIpc) is 3.06. The first-order valence-corrected chi connectivity index (χ1v) is 9.69. The van der Waals surface area contributed by atoms with E-state index in [1.54, 1.807) is 22.6 Å². The highest BCUT2D eigenvalue weighted by molar-refractivity contribution is 6.11. The van der Waals surface area contributed by atoms with E-state index >= 15 is 0 Å². The Hall–Kier alpha value is -3.24. The van der Waals surface area contributed by atoms with E-state index in [0.717, 1.165) is 12.8 Å². The molecule has 1 aliphatic rings. The number of carbonyl (C=O) groups is 1. The lowest BCUT2D eigenvalue weighted by molar-refractivity contribution is -0.274. The number of halogens is 3. The number of aryl methyl sites for hydroxylation is 1. The third-order valence-electron chi connectivity index (χ3n) is 5.22. The van der Waals surface area contributed by atoms with E-state index in [2.05, 4.69) is 20.0 Å². The molecule has 1 amide bonds. The SMILES string of the molecule is [B]C1CCN(C(=O)c2cc3c(Nc4ccc(OC(F)(F)F)cc4)ncnc3n2C)CC1. The molecule has 3 heterocycles. The van der Waals surface area contributed by atoms with Crippen LogP contribution in [0.5, 0.6) is 5.75 Å². The second-order valence-electron chi connectivity index (χ2n) is 7.37. The fourth-order valence-electron chi connectivity index (χ4n) is 3.58. The Bertz CT molecular complexity index is 1090. The summed E-state index contributed by atoms with van der Waals surface area (Å²) in [5.41, 5.74) is 1.55. The lowest BCUT2D eigenvalue weighted by atomic mass is 9.79. The summed E-state index contributed by atoms with van der Waals surface area (Å²) in [6.07, 6.45) is -1.87. The maximum atomic E-state index is 13.0. The Morgan fingerprint density at radius 1 is 1.19 bits per heavy atom. The summed E-state index contributed by atoms with van der Waals surface area (Å²) in [6, 6.07) is 7.02. The van der Waals surface area contributed by atoms with Crippen LogP contribution in [0.2, 0.25) is 5.82 Å². The van der Waals surface area contributed by atoms with Crippen LogP contribution in [0.4, 0.5) is 24.7 Å². The number of piperidine rings is 1. The molecule has 2 radical (unpaired) electrons. The van der Waals surface area contributed by atoms with Crippen molar-refractivity contribution in [3.05, 3.63) is 42.4 Å². The molecule has 1 N–H and O–H groups in total. The van der Waals surface area contributed by atoms with E-state index < -0.39 is 6.36 Å². The molecule has 160 valence electrons. The topological polar surface area (TPSA) is 72.3 Å². The Morgan fingerprint density at radius 2 is 1.87 bits per heavy atom. The summed E-state index contributed by atoms with van der Waals surface area (Å²) >= 11 is 0. The van der Waals surface area contributed by atoms with Crippen molar-refractivity contribution < 1.29 is 22.7 Å². The molecule has 0 spiro atoms. The van der Waals surface area contributed by atoms with Crippen LogP contribution in [-0.2, 0) is 7.05 Å². The quantitative estimate of drug-likeness (QED) is 0.639. The number of nitrogens with zero attached hydrogens (tertiary/aromatic N) is 4. The average molecular weight is 429 g/mol. The number of hydrogen-bond donors (Lipinski definition) is 1. The zero-order chi connectivity index (χ0) is 22.2. The van der Waals surface area contributed by atoms with Gasteiger partial charge in [0.15, 0.2) is 0 Å². The number of nitrogens with one attached hydrogen (secondary N) is 1. The molecule has 1 aromatic carbocycles. The lowest BCUT2D eigenvalue weighted by Crippen LogP contribution is -2.38. The number of alkyl halides is 3. The van der Waals surface area contributed by atoms with Crippen molar-refractivity contribution in [2.24, 2.45) is 7.05 Å². The van der Waals surface area contributed by atoms with Crippen LogP contribution >= 0.6 is 0 Å². The van der Waals surface area contributed by atoms with Crippen molar-refractivity contribution in [3.63, 3.8) is 0 Å². The number of aromatic nitrogens is 3. The summed E-state index contributed by atoms with van der Waals surface area (Å²) < 4.78 is 42.6. The van der Waals surface area contributed by atoms with Gasteiger partial charge in [0, 0.05) is 25.8 Å². The molecule has 0 saturated carbocycles. The minimum atomic E-state index is -4.75. The van der Waals surface area contributed by atoms with Gasteiger partial charge in [-0.15, -0.1) is 13.2 Å². The van der Waals surface area contributed by atoms with Crippen molar-refractivity contribution in [1.29, 1.82) is 0 Å². The molecule has 2 aromatic heterocycles. The highest BCUT2D eigenvalue weighted by atomic mass is 19.4. The van der Waals surface area contributed by atoms with Crippen molar-refractivity contribution >= 4 is 36.3 Å². The van der Waals surface area contributed by atoms with Gasteiger partial charge in [-0.3, -0.25) is 4.79 Å². The van der Waals surface area contributed by atoms with Gasteiger partial charge in [-0.2, -0.15) is 0 Å². The van der Waals surface area contributed by atoms with E-state index in [4.69, 9.17) is 7.85 Å². The molecule has 0 bridgehead atoms. The molecule has 7 nitrogen and oxygen atoms in total. The van der Waals surface area contributed by atoms with E-state index in [1.807, 2.05) is 0 Å². The zero-order valence-electron chi connectivity index (χ0n) is 16.7. The van der Waals surface area contributed by atoms with Crippen molar-refractivity contribution in [3.8, 4) is 5.75 Å². The van der Waals surface area contributed by atoms with Crippen LogP contribution < -0.4 is 10.1 Å². The number of amides is 1. The first kappa shape index (κ1) is 21.0. The number of fused-ring (bicyclic) bond motifs is 1. The molecule has 1 saturated heterocycles. The van der Waals surface area contributed by atoms with Crippen LogP contribution in [0.15, 0.2) is 36.7 Å². The summed E-state index contributed by atoms with van der Waals surface area (Å²) in [5, 5.41) is 3.68. The van der Waals surface area contributed by atoms with Gasteiger partial charge in [0.05, 0.1) is 13.2 Å². The number of carbonyl (C=O) groups excluding carboxylic acids is 1. The summed E-state index contributed by atoms with van der Waals surface area (Å²) in [5.74, 6) is 0.127. The Morgan fingerprint density at radius 3 is 2.52 bits per heavy atom. The molecule has 31 heavy (non-hydrogen) atoms. The minimum absolute atomic E-state index is 0.105. The van der Waals surface area contributed by atoms with Crippen LogP contribution in [0, 0.1) is 0 Å². The number of likely N-dealkylation sites (tertiary alicyclic amines) is 1. The van der Waals surface area contributed by atoms with Crippen LogP contribution in [0.1, 0.15) is 23.3 Å². The van der Waals surface area contributed by atoms with E-state index in [-0.39, 0.29) is 17.5 Å². The molecule has 4 rings (SSSR count). The first-order valence-electron chi connectivity index (χ1n) is 9.69. The second-order valence-corrected chi connectivity index (χ2v) is 7.37. The number of ether oxygens (including phenoxy) is 1. The molecule has 11 heteroatoms. The van der Waals surface area contributed by atoms with Crippen LogP contribution in [-0.4, -0.2) is 52.6 Å². The summed E-state index contributed by atoms with van der Waals surface area (Å²) in [7, 11) is 7.68. The normalized spacial score (nSPS) is 15.3. The van der Waals surface area contributed by atoms with E-state index in [0.29, 0.717) is 41.3 Å². The van der Waals surface area contributed by atoms with Crippen molar-refractivity contribution in [2.75, 3.05) is 18.4 Å². The van der Waals surface area contributed by atoms with E-state index in [1.165, 1.54) is 30.6 Å². The molecule has 0 aliphatic carbocycles. The standard InChI is InChI=1S/C20H19BF3N5O2/c1-28-16(19(30)29-8-6-12(21)7-9-29)10-15-17(25-11-26-18(15)28)27-13-2-4-14(5-3-13)31-20(22,23)24/h2-5,10-12H,6-9H2,1H3,(H,25,26,27). The van der Waals surface area contributed by atoms with Gasteiger partial charge in [0.1, 0.15) is 29.2 Å². The number of rotatable bonds is 4. The molecular formula is C20H19BF3N5O2. The van der Waals surface area contributed by atoms with Crippen LogP contribution in [0.3, 0.4) is 0 Å². The van der Waals surface area contributed by atoms with E-state index in [9.17, 15) is 18.0 Å². The van der Waals surface area contributed by atoms with Gasteiger partial charge in [0.2, 0.25) is 0 Å². The number of anilines is 2. The van der Waals surface area contributed by atoms with Gasteiger partial charge in [-0.05, 0) is 43.2 Å².